The molecule has 134 valence electrons. The maximum Gasteiger partial charge on any atom is 0.238 e. The molecule has 1 N–H and O–H groups in total. The predicted octanol–water partition coefficient (Wildman–Crippen LogP) is 2.21. The van der Waals surface area contributed by atoms with Crippen molar-refractivity contribution >= 4 is 51.9 Å². The summed E-state index contributed by atoms with van der Waals surface area (Å²) in [5, 5.41) is 7.68. The van der Waals surface area contributed by atoms with Crippen LogP contribution in [0, 0.1) is 17.8 Å². The third-order valence-corrected chi connectivity index (χ3v) is 5.42. The minimum absolute atomic E-state index is 0.0298. The van der Waals surface area contributed by atoms with Crippen LogP contribution in [0.25, 0.3) is 0 Å². The van der Waals surface area contributed by atoms with E-state index in [2.05, 4.69) is 38.0 Å². The smallest absolute Gasteiger partial charge is 0.238 e. The summed E-state index contributed by atoms with van der Waals surface area (Å²) in [4.78, 5) is 30.0. The number of carbonyl (C=O) groups excluding carboxylic acids is 2. The van der Waals surface area contributed by atoms with Crippen LogP contribution >= 0.6 is 27.5 Å². The van der Waals surface area contributed by atoms with Gasteiger partial charge in [0.15, 0.2) is 0 Å². The molecule has 1 aromatic heterocycles. The van der Waals surface area contributed by atoms with E-state index >= 15 is 0 Å². The first-order valence-electron chi connectivity index (χ1n) is 7.20. The number of hydrogen-bond acceptors (Lipinski definition) is 5. The zero-order valence-corrected chi connectivity index (χ0v) is 15.9. The van der Waals surface area contributed by atoms with Crippen molar-refractivity contribution in [2.45, 2.75) is 0 Å². The molecule has 2 rings (SSSR count). The normalized spacial score (nSPS) is 21.0. The zero-order chi connectivity index (χ0) is 18.7. The number of amides is 2. The molecule has 0 saturated carbocycles. The molecule has 0 bridgehead atoms. The highest BCUT2D eigenvalue weighted by Crippen LogP contribution is 2.37. The van der Waals surface area contributed by atoms with E-state index in [0.29, 0.717) is 4.48 Å². The van der Waals surface area contributed by atoms with E-state index < -0.39 is 23.7 Å². The van der Waals surface area contributed by atoms with Crippen LogP contribution in [-0.4, -0.2) is 54.1 Å². The summed E-state index contributed by atoms with van der Waals surface area (Å²) in [6.45, 7) is 3.66. The third-order valence-electron chi connectivity index (χ3n) is 3.78. The van der Waals surface area contributed by atoms with E-state index in [1.165, 1.54) is 22.0 Å². The lowest BCUT2D eigenvalue weighted by molar-refractivity contribution is -0.135. The number of anilines is 1. The van der Waals surface area contributed by atoms with Crippen LogP contribution in [0.1, 0.15) is 0 Å². The van der Waals surface area contributed by atoms with Crippen LogP contribution in [0.5, 0.6) is 0 Å². The number of likely N-dealkylation sites (tertiary alicyclic amines) is 1. The summed E-state index contributed by atoms with van der Waals surface area (Å²) in [7, 11) is 3.18. The second-order valence-electron chi connectivity index (χ2n) is 5.44. The fourth-order valence-corrected chi connectivity index (χ4v) is 3.33. The molecule has 1 fully saturated rings. The molecule has 1 aliphatic heterocycles. The highest BCUT2D eigenvalue weighted by molar-refractivity contribution is 9.11. The lowest BCUT2D eigenvalue weighted by Crippen LogP contribution is -2.34. The predicted molar refractivity (Wildman–Crippen MR) is 96.6 cm³/mol. The number of aromatic nitrogens is 1. The number of halogens is 3. The number of rotatable bonds is 5. The molecule has 0 radical (unpaired) electrons. The van der Waals surface area contributed by atoms with Crippen LogP contribution in [0.4, 0.5) is 10.2 Å². The summed E-state index contributed by atoms with van der Waals surface area (Å²) in [6.07, 6.45) is 0. The highest BCUT2D eigenvalue weighted by atomic mass is 79.9. The van der Waals surface area contributed by atoms with Crippen LogP contribution < -0.4 is 5.32 Å². The van der Waals surface area contributed by atoms with Crippen molar-refractivity contribution in [1.82, 2.24) is 14.9 Å². The van der Waals surface area contributed by atoms with Gasteiger partial charge in [0.2, 0.25) is 17.8 Å². The lowest BCUT2D eigenvalue weighted by Gasteiger charge is -2.19. The molecule has 0 spiro atoms. The van der Waals surface area contributed by atoms with Crippen molar-refractivity contribution in [1.29, 1.82) is 0 Å². The van der Waals surface area contributed by atoms with Gasteiger partial charge in [-0.2, -0.15) is 9.49 Å². The molecule has 7 nitrogen and oxygen atoms in total. The molecule has 25 heavy (non-hydrogen) atoms. The monoisotopic (exact) mass is 431 g/mol. The van der Waals surface area contributed by atoms with E-state index in [1.54, 1.807) is 14.1 Å². The molecule has 2 atom stereocenters. The fraction of sp³-hybridized carbons (Fsp3) is 0.333. The Morgan fingerprint density at radius 3 is 2.88 bits per heavy atom. The summed E-state index contributed by atoms with van der Waals surface area (Å²) in [6, 6.07) is 4.01. The number of carbonyl (C=O) groups is 2. The average Bonchev–Trinajstić information content (AvgIpc) is 2.88. The molecule has 0 unspecified atom stereocenters. The number of nitrogens with zero attached hydrogens (tertiary/aromatic N) is 4. The first-order valence-corrected chi connectivity index (χ1v) is 8.37. The van der Waals surface area contributed by atoms with E-state index in [4.69, 9.17) is 11.6 Å². The van der Waals surface area contributed by atoms with Crippen molar-refractivity contribution in [3.63, 3.8) is 0 Å². The van der Waals surface area contributed by atoms with Gasteiger partial charge in [0.1, 0.15) is 16.9 Å². The SMILES string of the molecule is C=NN(C)/C(Cl)=C(\Br)[C@H]1CN(C)C(=O)[C@@H]1C(=O)Nc1cccc(F)n1. The molecule has 2 amide bonds. The number of pyridine rings is 1. The number of nitrogens with one attached hydrogen (secondary N) is 1. The van der Waals surface area contributed by atoms with Gasteiger partial charge in [0, 0.05) is 37.8 Å². The second-order valence-corrected chi connectivity index (χ2v) is 6.65. The van der Waals surface area contributed by atoms with Crippen molar-refractivity contribution in [3.05, 3.63) is 33.8 Å². The minimum Gasteiger partial charge on any atom is -0.344 e. The third kappa shape index (κ3) is 4.16. The molecule has 10 heteroatoms. The van der Waals surface area contributed by atoms with Gasteiger partial charge in [0.25, 0.3) is 0 Å². The Kier molecular flexibility index (Phi) is 6.12. The van der Waals surface area contributed by atoms with Gasteiger partial charge in [-0.05, 0) is 12.1 Å². The van der Waals surface area contributed by atoms with Crippen LogP contribution in [-0.2, 0) is 9.59 Å². The molecule has 0 aliphatic carbocycles. The van der Waals surface area contributed by atoms with Gasteiger partial charge >= 0.3 is 0 Å². The molecule has 1 aromatic rings. The number of hydrogen-bond donors (Lipinski definition) is 1. The zero-order valence-electron chi connectivity index (χ0n) is 13.5. The largest absolute Gasteiger partial charge is 0.344 e. The summed E-state index contributed by atoms with van der Waals surface area (Å²) in [5.41, 5.74) is 0. The van der Waals surface area contributed by atoms with Gasteiger partial charge in [-0.15, -0.1) is 0 Å². The topological polar surface area (TPSA) is 77.9 Å². The van der Waals surface area contributed by atoms with E-state index in [1.807, 2.05) is 0 Å². The van der Waals surface area contributed by atoms with Crippen molar-refractivity contribution in [2.75, 3.05) is 26.0 Å². The Balaban J connectivity index is 2.30. The number of hydrazone groups is 1. The van der Waals surface area contributed by atoms with Crippen LogP contribution in [0.15, 0.2) is 32.9 Å². The first kappa shape index (κ1) is 19.3. The average molecular weight is 433 g/mol. The van der Waals surface area contributed by atoms with Gasteiger partial charge in [0.05, 0.1) is 0 Å². The van der Waals surface area contributed by atoms with E-state index in [0.717, 1.165) is 6.07 Å². The Morgan fingerprint density at radius 1 is 1.60 bits per heavy atom. The molecule has 0 aromatic carbocycles. The van der Waals surface area contributed by atoms with Gasteiger partial charge in [-0.1, -0.05) is 33.6 Å². The molecule has 1 saturated heterocycles. The van der Waals surface area contributed by atoms with Gasteiger partial charge in [-0.3, -0.25) is 14.6 Å². The van der Waals surface area contributed by atoms with Gasteiger partial charge < -0.3 is 10.2 Å². The molecular formula is C15H16BrClFN5O2. The quantitative estimate of drug-likeness (QED) is 0.254. The minimum atomic E-state index is -1.03. The molecular weight excluding hydrogens is 417 g/mol. The molecule has 2 heterocycles. The summed E-state index contributed by atoms with van der Waals surface area (Å²) in [5.74, 6) is -3.21. The summed E-state index contributed by atoms with van der Waals surface area (Å²) < 4.78 is 13.6. The molecule has 1 aliphatic rings. The Hall–Kier alpha value is -2.00. The highest BCUT2D eigenvalue weighted by Gasteiger charge is 2.45. The fourth-order valence-electron chi connectivity index (χ4n) is 2.47. The van der Waals surface area contributed by atoms with E-state index in [9.17, 15) is 14.0 Å². The van der Waals surface area contributed by atoms with Crippen molar-refractivity contribution < 1.29 is 14.0 Å². The maximum atomic E-state index is 13.2. The first-order chi connectivity index (χ1) is 11.8. The standard InChI is InChI=1S/C15H16BrClFN5O2/c1-19-23(3)13(17)12(16)8-7-22(2)15(25)11(8)14(24)21-10-6-4-5-9(18)20-10/h4-6,8,11H,1,7H2,2-3H3,(H,20,21,24)/b13-12-/t8-,11-/m0/s1. The Morgan fingerprint density at radius 2 is 2.28 bits per heavy atom. The van der Waals surface area contributed by atoms with Gasteiger partial charge in [-0.25, -0.2) is 4.98 Å². The Bertz CT molecular complexity index is 744. The lowest BCUT2D eigenvalue weighted by atomic mass is 9.94. The van der Waals surface area contributed by atoms with Crippen molar-refractivity contribution in [2.24, 2.45) is 16.9 Å². The van der Waals surface area contributed by atoms with Crippen molar-refractivity contribution in [3.8, 4) is 0 Å². The van der Waals surface area contributed by atoms with Crippen LogP contribution in [0.3, 0.4) is 0 Å². The maximum absolute atomic E-state index is 13.2. The second kappa shape index (κ2) is 7.92. The summed E-state index contributed by atoms with van der Waals surface area (Å²) >= 11 is 9.57. The van der Waals surface area contributed by atoms with E-state index in [-0.39, 0.29) is 23.4 Å². The Labute approximate surface area is 157 Å². The van der Waals surface area contributed by atoms with Crippen LogP contribution in [0.2, 0.25) is 0 Å².